The molecule has 1 heterocycles. The van der Waals surface area contributed by atoms with Gasteiger partial charge in [0.25, 0.3) is 0 Å². The Morgan fingerprint density at radius 1 is 1.21 bits per heavy atom. The Balaban J connectivity index is 2.04. The van der Waals surface area contributed by atoms with Crippen LogP contribution in [0.1, 0.15) is 17.2 Å². The Hall–Kier alpha value is -2.60. The van der Waals surface area contributed by atoms with Crippen LogP contribution in [0.2, 0.25) is 0 Å². The summed E-state index contributed by atoms with van der Waals surface area (Å²) < 4.78 is 27.9. The Morgan fingerprint density at radius 2 is 1.83 bits per heavy atom. The number of nitrogens with one attached hydrogen (secondary N) is 1. The fourth-order valence-electron chi connectivity index (χ4n) is 2.27. The highest BCUT2D eigenvalue weighted by molar-refractivity contribution is 5.91. The van der Waals surface area contributed by atoms with E-state index in [1.807, 2.05) is 0 Å². The van der Waals surface area contributed by atoms with Crippen molar-refractivity contribution in [1.82, 2.24) is 15.2 Å². The second-order valence-electron chi connectivity index (χ2n) is 5.47. The van der Waals surface area contributed by atoms with Crippen LogP contribution in [0.4, 0.5) is 8.78 Å². The van der Waals surface area contributed by atoms with E-state index in [4.69, 9.17) is 0 Å². The van der Waals surface area contributed by atoms with Crippen LogP contribution >= 0.6 is 0 Å². The highest BCUT2D eigenvalue weighted by atomic mass is 19.1. The molecule has 1 N–H and O–H groups in total. The minimum absolute atomic E-state index is 0.0547. The lowest BCUT2D eigenvalue weighted by molar-refractivity contribution is -0.116. The summed E-state index contributed by atoms with van der Waals surface area (Å²) in [7, 11) is 3.41. The molecule has 1 unspecified atom stereocenters. The van der Waals surface area contributed by atoms with Gasteiger partial charge in [0, 0.05) is 30.6 Å². The molecule has 0 aliphatic carbocycles. The lowest BCUT2D eigenvalue weighted by Gasteiger charge is -2.25. The molecule has 126 valence electrons. The Morgan fingerprint density at radius 3 is 2.42 bits per heavy atom. The van der Waals surface area contributed by atoms with E-state index in [0.29, 0.717) is 0 Å². The largest absolute Gasteiger partial charge is 0.351 e. The first-order valence-electron chi connectivity index (χ1n) is 7.45. The molecule has 0 bridgehead atoms. The molecule has 0 aliphatic heterocycles. The number of carbonyl (C=O) groups is 1. The van der Waals surface area contributed by atoms with Crippen molar-refractivity contribution in [2.24, 2.45) is 0 Å². The molecule has 0 radical (unpaired) electrons. The molecular weight excluding hydrogens is 312 g/mol. The molecule has 1 aromatic carbocycles. The van der Waals surface area contributed by atoms with Gasteiger partial charge in [-0.3, -0.25) is 9.78 Å². The maximum absolute atomic E-state index is 14.0. The number of likely N-dealkylation sites (N-methyl/N-ethyl adjacent to an activating group) is 1. The van der Waals surface area contributed by atoms with E-state index in [1.54, 1.807) is 49.6 Å². The lowest BCUT2D eigenvalue weighted by Crippen LogP contribution is -2.34. The van der Waals surface area contributed by atoms with Crippen LogP contribution in [0.3, 0.4) is 0 Å². The van der Waals surface area contributed by atoms with Crippen LogP contribution in [-0.4, -0.2) is 36.4 Å². The zero-order valence-corrected chi connectivity index (χ0v) is 13.5. The molecule has 6 heteroatoms. The minimum Gasteiger partial charge on any atom is -0.351 e. The number of carbonyl (C=O) groups excluding carboxylic acids is 1. The van der Waals surface area contributed by atoms with E-state index in [1.165, 1.54) is 24.3 Å². The fourth-order valence-corrected chi connectivity index (χ4v) is 2.27. The molecule has 24 heavy (non-hydrogen) atoms. The maximum Gasteiger partial charge on any atom is 0.244 e. The summed E-state index contributed by atoms with van der Waals surface area (Å²) in [6.45, 7) is 0.0877. The van der Waals surface area contributed by atoms with Crippen LogP contribution in [-0.2, 0) is 4.79 Å². The van der Waals surface area contributed by atoms with Crippen molar-refractivity contribution in [3.63, 3.8) is 0 Å². The molecular formula is C18H19F2N3O. The van der Waals surface area contributed by atoms with Crippen LogP contribution in [0.15, 0.2) is 48.8 Å². The normalized spacial score (nSPS) is 12.5. The van der Waals surface area contributed by atoms with E-state index in [9.17, 15) is 13.6 Å². The van der Waals surface area contributed by atoms with Gasteiger partial charge in [-0.25, -0.2) is 8.78 Å². The fraction of sp³-hybridized carbons (Fsp3) is 0.222. The molecule has 0 aliphatic rings. The summed E-state index contributed by atoms with van der Waals surface area (Å²) in [6.07, 6.45) is 6.27. The molecule has 0 saturated carbocycles. The van der Waals surface area contributed by atoms with E-state index >= 15 is 0 Å². The maximum atomic E-state index is 14.0. The third-order valence-corrected chi connectivity index (χ3v) is 3.56. The summed E-state index contributed by atoms with van der Waals surface area (Å²) >= 11 is 0. The molecule has 1 amide bonds. The Kier molecular flexibility index (Phi) is 6.14. The minimum atomic E-state index is -0.629. The van der Waals surface area contributed by atoms with Crippen molar-refractivity contribution in [3.05, 3.63) is 71.6 Å². The van der Waals surface area contributed by atoms with E-state index in [2.05, 4.69) is 10.3 Å². The highest BCUT2D eigenvalue weighted by Crippen LogP contribution is 2.23. The van der Waals surface area contributed by atoms with Crippen molar-refractivity contribution in [3.8, 4) is 0 Å². The number of nitrogens with zero attached hydrogens (tertiary/aromatic N) is 2. The first-order valence-corrected chi connectivity index (χ1v) is 7.45. The smallest absolute Gasteiger partial charge is 0.244 e. The number of halogens is 2. The Bertz CT molecular complexity index is 697. The summed E-state index contributed by atoms with van der Waals surface area (Å²) in [6, 6.07) is 6.66. The zero-order valence-electron chi connectivity index (χ0n) is 13.5. The Labute approximate surface area is 139 Å². The van der Waals surface area contributed by atoms with E-state index < -0.39 is 17.7 Å². The first-order chi connectivity index (χ1) is 11.5. The van der Waals surface area contributed by atoms with Crippen molar-refractivity contribution in [2.45, 2.75) is 6.04 Å². The number of benzene rings is 1. The van der Waals surface area contributed by atoms with Crippen molar-refractivity contribution in [1.29, 1.82) is 0 Å². The van der Waals surface area contributed by atoms with Crippen molar-refractivity contribution in [2.75, 3.05) is 20.6 Å². The first kappa shape index (κ1) is 17.7. The van der Waals surface area contributed by atoms with Crippen molar-refractivity contribution >= 4 is 12.0 Å². The third-order valence-electron chi connectivity index (χ3n) is 3.56. The molecule has 2 rings (SSSR count). The number of amides is 1. The molecule has 0 fully saturated rings. The number of hydrogen-bond acceptors (Lipinski definition) is 3. The summed E-state index contributed by atoms with van der Waals surface area (Å²) in [4.78, 5) is 17.5. The number of pyridine rings is 1. The van der Waals surface area contributed by atoms with Crippen LogP contribution in [0.5, 0.6) is 0 Å². The van der Waals surface area contributed by atoms with Gasteiger partial charge in [-0.1, -0.05) is 6.07 Å². The number of rotatable bonds is 6. The van der Waals surface area contributed by atoms with Gasteiger partial charge in [-0.05, 0) is 50.0 Å². The predicted octanol–water partition coefficient (Wildman–Crippen LogP) is 2.79. The topological polar surface area (TPSA) is 45.2 Å². The van der Waals surface area contributed by atoms with Gasteiger partial charge in [0.2, 0.25) is 5.91 Å². The SMILES string of the molecule is CN(C)C(CNC(=O)/C=C/c1ccncc1)c1c(F)cccc1F. The quantitative estimate of drug-likeness (QED) is 0.828. The van der Waals surface area contributed by atoms with E-state index in [0.717, 1.165) is 5.56 Å². The zero-order chi connectivity index (χ0) is 17.5. The lowest BCUT2D eigenvalue weighted by atomic mass is 10.0. The van der Waals surface area contributed by atoms with Crippen molar-refractivity contribution < 1.29 is 13.6 Å². The summed E-state index contributed by atoms with van der Waals surface area (Å²) in [5.41, 5.74) is 0.783. The van der Waals surface area contributed by atoms with Crippen LogP contribution < -0.4 is 5.32 Å². The molecule has 2 aromatic rings. The number of hydrogen-bond donors (Lipinski definition) is 1. The second-order valence-corrected chi connectivity index (χ2v) is 5.47. The van der Waals surface area contributed by atoms with Gasteiger partial charge in [-0.15, -0.1) is 0 Å². The summed E-state index contributed by atoms with van der Waals surface area (Å²) in [5, 5.41) is 2.67. The van der Waals surface area contributed by atoms with Gasteiger partial charge in [0.05, 0.1) is 6.04 Å². The molecule has 1 atom stereocenters. The third kappa shape index (κ3) is 4.70. The molecule has 4 nitrogen and oxygen atoms in total. The molecule has 1 aromatic heterocycles. The highest BCUT2D eigenvalue weighted by Gasteiger charge is 2.22. The second kappa shape index (κ2) is 8.31. The molecule has 0 spiro atoms. The van der Waals surface area contributed by atoms with Gasteiger partial charge in [-0.2, -0.15) is 0 Å². The number of aromatic nitrogens is 1. The van der Waals surface area contributed by atoms with Crippen LogP contribution in [0, 0.1) is 11.6 Å². The average molecular weight is 331 g/mol. The van der Waals surface area contributed by atoms with Crippen LogP contribution in [0.25, 0.3) is 6.08 Å². The molecule has 0 saturated heterocycles. The summed E-state index contributed by atoms with van der Waals surface area (Å²) in [5.74, 6) is -1.60. The van der Waals surface area contributed by atoms with Gasteiger partial charge in [0.1, 0.15) is 11.6 Å². The van der Waals surface area contributed by atoms with E-state index in [-0.39, 0.29) is 18.0 Å². The van der Waals surface area contributed by atoms with Gasteiger partial charge in [0.15, 0.2) is 0 Å². The predicted molar refractivity (Wildman–Crippen MR) is 89.1 cm³/mol. The average Bonchev–Trinajstić information content (AvgIpc) is 2.56. The standard InChI is InChI=1S/C18H19F2N3O/c1-23(2)16(18-14(19)4-3-5-15(18)20)12-22-17(24)7-6-13-8-10-21-11-9-13/h3-11,16H,12H2,1-2H3,(H,22,24)/b7-6+. The van der Waals surface area contributed by atoms with Gasteiger partial charge >= 0.3 is 0 Å². The monoisotopic (exact) mass is 331 g/mol. The van der Waals surface area contributed by atoms with Gasteiger partial charge < -0.3 is 10.2 Å².